The van der Waals surface area contributed by atoms with E-state index >= 15 is 0 Å². The van der Waals surface area contributed by atoms with Gasteiger partial charge in [0.2, 0.25) is 0 Å². The lowest BCUT2D eigenvalue weighted by Crippen LogP contribution is -2.02. The van der Waals surface area contributed by atoms with E-state index in [-0.39, 0.29) is 0 Å². The van der Waals surface area contributed by atoms with E-state index < -0.39 is 0 Å². The molecule has 0 radical (unpaired) electrons. The Labute approximate surface area is 223 Å². The fourth-order valence-corrected chi connectivity index (χ4v) is 5.43. The summed E-state index contributed by atoms with van der Waals surface area (Å²) in [5.41, 5.74) is 0. The minimum atomic E-state index is 0.336. The zero-order valence-corrected chi connectivity index (χ0v) is 24.9. The maximum atomic E-state index is 11.4. The van der Waals surface area contributed by atoms with Crippen molar-refractivity contribution in [2.24, 2.45) is 11.8 Å². The standard InChI is InChI=1S/C34H68O/c1-4-5-6-7-8-9-10-11-12-15-18-21-24-27-30-34(32-35)31-28-25-22-19-16-13-14-17-20-23-26-29-33(2)3/h32-34H,4-31H2,1-3H3. The number of hydrogen-bond acceptors (Lipinski definition) is 1. The molecule has 0 aromatic rings. The predicted molar refractivity (Wildman–Crippen MR) is 159 cm³/mol. The first-order valence-electron chi connectivity index (χ1n) is 16.7. The molecular formula is C34H68O. The molecule has 35 heavy (non-hydrogen) atoms. The van der Waals surface area contributed by atoms with Crippen LogP contribution in [0.1, 0.15) is 201 Å². The van der Waals surface area contributed by atoms with Crippen LogP contribution in [0.5, 0.6) is 0 Å². The largest absolute Gasteiger partial charge is 0.303 e. The summed E-state index contributed by atoms with van der Waals surface area (Å²) < 4.78 is 0. The highest BCUT2D eigenvalue weighted by molar-refractivity contribution is 5.53. The molecule has 0 saturated carbocycles. The number of carbonyl (C=O) groups excluding carboxylic acids is 1. The minimum absolute atomic E-state index is 0.336. The zero-order chi connectivity index (χ0) is 25.7. The van der Waals surface area contributed by atoms with Crippen molar-refractivity contribution in [2.75, 3.05) is 0 Å². The SMILES string of the molecule is CCCCCCCCCCCCCCCCC(C=O)CCCCCCCCCCCCCC(C)C. The van der Waals surface area contributed by atoms with E-state index in [9.17, 15) is 4.79 Å². The average Bonchev–Trinajstić information content (AvgIpc) is 2.85. The van der Waals surface area contributed by atoms with Crippen LogP contribution < -0.4 is 0 Å². The second-order valence-electron chi connectivity index (χ2n) is 12.1. The molecule has 1 nitrogen and oxygen atoms in total. The van der Waals surface area contributed by atoms with E-state index in [0.717, 1.165) is 18.8 Å². The molecule has 0 fully saturated rings. The highest BCUT2D eigenvalue weighted by atomic mass is 16.1. The second kappa shape index (κ2) is 29.9. The monoisotopic (exact) mass is 493 g/mol. The Morgan fingerprint density at radius 2 is 0.657 bits per heavy atom. The molecule has 0 aromatic heterocycles. The second-order valence-corrected chi connectivity index (χ2v) is 12.1. The first-order valence-corrected chi connectivity index (χ1v) is 16.7. The van der Waals surface area contributed by atoms with Crippen molar-refractivity contribution in [2.45, 2.75) is 201 Å². The summed E-state index contributed by atoms with van der Waals surface area (Å²) in [5.74, 6) is 1.21. The highest BCUT2D eigenvalue weighted by Crippen LogP contribution is 2.19. The Morgan fingerprint density at radius 3 is 0.914 bits per heavy atom. The Morgan fingerprint density at radius 1 is 0.400 bits per heavy atom. The molecule has 0 aliphatic heterocycles. The lowest BCUT2D eigenvalue weighted by atomic mass is 9.95. The molecule has 1 heteroatoms. The molecule has 0 bridgehead atoms. The molecule has 0 aliphatic rings. The van der Waals surface area contributed by atoms with Gasteiger partial charge in [-0.15, -0.1) is 0 Å². The van der Waals surface area contributed by atoms with Crippen LogP contribution in [0, 0.1) is 11.8 Å². The molecule has 0 amide bonds. The third kappa shape index (κ3) is 29.8. The van der Waals surface area contributed by atoms with Crippen LogP contribution in [0.15, 0.2) is 0 Å². The van der Waals surface area contributed by atoms with Crippen LogP contribution >= 0.6 is 0 Å². The minimum Gasteiger partial charge on any atom is -0.303 e. The number of hydrogen-bond donors (Lipinski definition) is 0. The van der Waals surface area contributed by atoms with E-state index in [1.807, 2.05) is 0 Å². The van der Waals surface area contributed by atoms with Gasteiger partial charge in [0.1, 0.15) is 6.29 Å². The number of aldehydes is 1. The van der Waals surface area contributed by atoms with Gasteiger partial charge in [-0.25, -0.2) is 0 Å². The number of carbonyl (C=O) groups is 1. The number of unbranched alkanes of at least 4 members (excludes halogenated alkanes) is 23. The Balaban J connectivity index is 3.28. The normalized spacial score (nSPS) is 12.5. The summed E-state index contributed by atoms with van der Waals surface area (Å²) in [4.78, 5) is 11.4. The molecule has 0 N–H and O–H groups in total. The van der Waals surface area contributed by atoms with E-state index in [1.54, 1.807) is 0 Å². The predicted octanol–water partition coefficient (Wildman–Crippen LogP) is 12.4. The summed E-state index contributed by atoms with van der Waals surface area (Å²) in [5, 5.41) is 0. The molecule has 0 heterocycles. The van der Waals surface area contributed by atoms with Crippen molar-refractivity contribution in [3.8, 4) is 0 Å². The Bertz CT molecular complexity index is 388. The van der Waals surface area contributed by atoms with E-state index in [1.165, 1.54) is 173 Å². The summed E-state index contributed by atoms with van der Waals surface area (Å²) in [6.07, 6.45) is 40.1. The van der Waals surface area contributed by atoms with E-state index in [0.29, 0.717) is 5.92 Å². The summed E-state index contributed by atoms with van der Waals surface area (Å²) in [6, 6.07) is 0. The van der Waals surface area contributed by atoms with Gasteiger partial charge in [0.25, 0.3) is 0 Å². The quantitative estimate of drug-likeness (QED) is 0.0719. The summed E-state index contributed by atoms with van der Waals surface area (Å²) in [6.45, 7) is 6.96. The van der Waals surface area contributed by atoms with Crippen LogP contribution in [0.4, 0.5) is 0 Å². The van der Waals surface area contributed by atoms with Gasteiger partial charge in [-0.1, -0.05) is 188 Å². The van der Waals surface area contributed by atoms with Crippen molar-refractivity contribution >= 4 is 6.29 Å². The van der Waals surface area contributed by atoms with Gasteiger partial charge in [0.15, 0.2) is 0 Å². The van der Waals surface area contributed by atoms with Gasteiger partial charge >= 0.3 is 0 Å². The third-order valence-electron chi connectivity index (χ3n) is 7.98. The fraction of sp³-hybridized carbons (Fsp3) is 0.971. The molecule has 1 atom stereocenters. The molecule has 0 aromatic carbocycles. The molecular weight excluding hydrogens is 424 g/mol. The first kappa shape index (κ1) is 34.7. The lowest BCUT2D eigenvalue weighted by Gasteiger charge is -2.10. The van der Waals surface area contributed by atoms with Gasteiger partial charge in [-0.05, 0) is 18.8 Å². The van der Waals surface area contributed by atoms with Crippen molar-refractivity contribution in [3.05, 3.63) is 0 Å². The van der Waals surface area contributed by atoms with Gasteiger partial charge in [-0.3, -0.25) is 0 Å². The Kier molecular flexibility index (Phi) is 29.6. The van der Waals surface area contributed by atoms with Crippen LogP contribution in [0.3, 0.4) is 0 Å². The van der Waals surface area contributed by atoms with Crippen LogP contribution in [0.25, 0.3) is 0 Å². The number of rotatable bonds is 30. The van der Waals surface area contributed by atoms with Crippen molar-refractivity contribution < 1.29 is 4.79 Å². The van der Waals surface area contributed by atoms with Crippen LogP contribution in [-0.4, -0.2) is 6.29 Å². The molecule has 0 rings (SSSR count). The summed E-state index contributed by atoms with van der Waals surface area (Å²) >= 11 is 0. The van der Waals surface area contributed by atoms with Crippen molar-refractivity contribution in [3.63, 3.8) is 0 Å². The summed E-state index contributed by atoms with van der Waals surface area (Å²) in [7, 11) is 0. The van der Waals surface area contributed by atoms with E-state index in [2.05, 4.69) is 20.8 Å². The molecule has 0 spiro atoms. The van der Waals surface area contributed by atoms with Gasteiger partial charge in [-0.2, -0.15) is 0 Å². The fourth-order valence-electron chi connectivity index (χ4n) is 5.43. The van der Waals surface area contributed by atoms with Crippen molar-refractivity contribution in [1.29, 1.82) is 0 Å². The van der Waals surface area contributed by atoms with Gasteiger partial charge < -0.3 is 4.79 Å². The molecule has 210 valence electrons. The molecule has 0 aliphatic carbocycles. The maximum Gasteiger partial charge on any atom is 0.123 e. The smallest absolute Gasteiger partial charge is 0.123 e. The van der Waals surface area contributed by atoms with Gasteiger partial charge in [0, 0.05) is 5.92 Å². The third-order valence-corrected chi connectivity index (χ3v) is 7.98. The maximum absolute atomic E-state index is 11.4. The van der Waals surface area contributed by atoms with E-state index in [4.69, 9.17) is 0 Å². The molecule has 0 saturated heterocycles. The topological polar surface area (TPSA) is 17.1 Å². The van der Waals surface area contributed by atoms with Crippen LogP contribution in [-0.2, 0) is 4.79 Å². The van der Waals surface area contributed by atoms with Crippen LogP contribution in [0.2, 0.25) is 0 Å². The van der Waals surface area contributed by atoms with Gasteiger partial charge in [0.05, 0.1) is 0 Å². The zero-order valence-electron chi connectivity index (χ0n) is 24.9. The highest BCUT2D eigenvalue weighted by Gasteiger charge is 2.07. The lowest BCUT2D eigenvalue weighted by molar-refractivity contribution is -0.111. The molecule has 1 unspecified atom stereocenters. The van der Waals surface area contributed by atoms with Crippen molar-refractivity contribution in [1.82, 2.24) is 0 Å². The average molecular weight is 493 g/mol. The Hall–Kier alpha value is -0.330. The first-order chi connectivity index (χ1) is 17.2.